The van der Waals surface area contributed by atoms with Gasteiger partial charge in [0, 0.05) is 12.3 Å². The molecule has 0 saturated heterocycles. The summed E-state index contributed by atoms with van der Waals surface area (Å²) >= 11 is 0. The Kier molecular flexibility index (Phi) is 6.35. The molecule has 1 atom stereocenters. The molecule has 19 heavy (non-hydrogen) atoms. The molecular weight excluding hydrogens is 258 g/mol. The van der Waals surface area contributed by atoms with Crippen LogP contribution in [-0.2, 0) is 9.84 Å². The van der Waals surface area contributed by atoms with Crippen molar-refractivity contribution in [2.75, 3.05) is 11.6 Å². The van der Waals surface area contributed by atoms with Crippen LogP contribution in [0.1, 0.15) is 46.0 Å². The lowest BCUT2D eigenvalue weighted by molar-refractivity contribution is 0.591. The Labute approximate surface area is 117 Å². The van der Waals surface area contributed by atoms with Crippen molar-refractivity contribution in [3.8, 4) is 0 Å². The van der Waals surface area contributed by atoms with Crippen LogP contribution < -0.4 is 5.32 Å². The summed E-state index contributed by atoms with van der Waals surface area (Å²) in [5, 5.41) is 3.31. The van der Waals surface area contributed by atoms with Crippen LogP contribution in [0.15, 0.2) is 29.2 Å². The van der Waals surface area contributed by atoms with Crippen molar-refractivity contribution < 1.29 is 8.42 Å². The minimum Gasteiger partial charge on any atom is -0.382 e. The summed E-state index contributed by atoms with van der Waals surface area (Å²) in [7, 11) is -3.17. The van der Waals surface area contributed by atoms with Gasteiger partial charge in [-0.3, -0.25) is 0 Å². The molecule has 1 unspecified atom stereocenters. The summed E-state index contributed by atoms with van der Waals surface area (Å²) in [4.78, 5) is 0.385. The Morgan fingerprint density at radius 1 is 1.16 bits per heavy atom. The second-order valence-corrected chi connectivity index (χ2v) is 7.15. The molecule has 0 fully saturated rings. The Morgan fingerprint density at radius 2 is 1.84 bits per heavy atom. The first-order valence-corrected chi connectivity index (χ1v) is 8.90. The largest absolute Gasteiger partial charge is 0.382 e. The van der Waals surface area contributed by atoms with Crippen LogP contribution in [0.25, 0.3) is 0 Å². The van der Waals surface area contributed by atoms with E-state index in [0.717, 1.165) is 6.42 Å². The molecule has 1 rings (SSSR count). The van der Waals surface area contributed by atoms with Crippen LogP contribution in [0, 0.1) is 0 Å². The molecule has 1 N–H and O–H groups in total. The Bertz CT molecular complexity index is 483. The molecule has 3 nitrogen and oxygen atoms in total. The maximum atomic E-state index is 11.7. The van der Waals surface area contributed by atoms with E-state index in [0.29, 0.717) is 16.6 Å². The summed E-state index contributed by atoms with van der Waals surface area (Å²) in [5.74, 6) is 0. The SMILES string of the molecule is CCCCCCC(C)Nc1ccccc1S(C)(=O)=O. The van der Waals surface area contributed by atoms with Crippen LogP contribution in [0.5, 0.6) is 0 Å². The topological polar surface area (TPSA) is 46.2 Å². The van der Waals surface area contributed by atoms with Crippen molar-refractivity contribution in [2.45, 2.75) is 56.9 Å². The molecule has 4 heteroatoms. The summed E-state index contributed by atoms with van der Waals surface area (Å²) < 4.78 is 23.4. The van der Waals surface area contributed by atoms with Gasteiger partial charge in [0.1, 0.15) is 0 Å². The molecule has 0 bridgehead atoms. The quantitative estimate of drug-likeness (QED) is 0.737. The number of sulfone groups is 1. The van der Waals surface area contributed by atoms with Crippen molar-refractivity contribution in [3.05, 3.63) is 24.3 Å². The molecule has 0 saturated carbocycles. The van der Waals surface area contributed by atoms with Crippen molar-refractivity contribution in [1.29, 1.82) is 0 Å². The zero-order valence-corrected chi connectivity index (χ0v) is 13.0. The third-order valence-electron chi connectivity index (χ3n) is 3.18. The molecule has 1 aromatic rings. The summed E-state index contributed by atoms with van der Waals surface area (Å²) in [6.45, 7) is 4.30. The van der Waals surface area contributed by atoms with E-state index in [-0.39, 0.29) is 0 Å². The second-order valence-electron chi connectivity index (χ2n) is 5.16. The smallest absolute Gasteiger partial charge is 0.177 e. The van der Waals surface area contributed by atoms with Gasteiger partial charge in [-0.15, -0.1) is 0 Å². The first-order chi connectivity index (χ1) is 8.95. The van der Waals surface area contributed by atoms with Gasteiger partial charge in [-0.25, -0.2) is 8.42 Å². The highest BCUT2D eigenvalue weighted by atomic mass is 32.2. The van der Waals surface area contributed by atoms with Gasteiger partial charge in [-0.2, -0.15) is 0 Å². The molecule has 0 amide bonds. The van der Waals surface area contributed by atoms with E-state index in [1.165, 1.54) is 31.9 Å². The molecule has 0 aliphatic heterocycles. The first-order valence-electron chi connectivity index (χ1n) is 7.00. The molecule has 0 spiro atoms. The minimum absolute atomic E-state index is 0.291. The van der Waals surface area contributed by atoms with Gasteiger partial charge >= 0.3 is 0 Å². The standard InChI is InChI=1S/C15H25NO2S/c1-4-5-6-7-10-13(2)16-14-11-8-9-12-15(14)19(3,17)18/h8-9,11-13,16H,4-7,10H2,1-3H3. The van der Waals surface area contributed by atoms with Gasteiger partial charge in [-0.05, 0) is 25.5 Å². The van der Waals surface area contributed by atoms with Crippen LogP contribution >= 0.6 is 0 Å². The number of benzene rings is 1. The zero-order valence-electron chi connectivity index (χ0n) is 12.1. The van der Waals surface area contributed by atoms with Crippen molar-refractivity contribution in [2.24, 2.45) is 0 Å². The van der Waals surface area contributed by atoms with Crippen LogP contribution in [-0.4, -0.2) is 20.7 Å². The van der Waals surface area contributed by atoms with Crippen LogP contribution in [0.3, 0.4) is 0 Å². The van der Waals surface area contributed by atoms with Crippen molar-refractivity contribution >= 4 is 15.5 Å². The fourth-order valence-corrected chi connectivity index (χ4v) is 2.98. The Balaban J connectivity index is 2.62. The van der Waals surface area contributed by atoms with E-state index >= 15 is 0 Å². The van der Waals surface area contributed by atoms with Crippen molar-refractivity contribution in [3.63, 3.8) is 0 Å². The maximum absolute atomic E-state index is 11.7. The van der Waals surface area contributed by atoms with Gasteiger partial charge in [-0.1, -0.05) is 44.7 Å². The summed E-state index contributed by atoms with van der Waals surface area (Å²) in [6.07, 6.45) is 7.25. The molecule has 0 aliphatic carbocycles. The van der Waals surface area contributed by atoms with E-state index in [1.54, 1.807) is 12.1 Å². The van der Waals surface area contributed by atoms with Crippen LogP contribution in [0.2, 0.25) is 0 Å². The number of hydrogen-bond acceptors (Lipinski definition) is 3. The first kappa shape index (κ1) is 16.0. The highest BCUT2D eigenvalue weighted by molar-refractivity contribution is 7.90. The van der Waals surface area contributed by atoms with E-state index in [1.807, 2.05) is 12.1 Å². The lowest BCUT2D eigenvalue weighted by Gasteiger charge is -2.17. The monoisotopic (exact) mass is 283 g/mol. The van der Waals surface area contributed by atoms with Gasteiger partial charge < -0.3 is 5.32 Å². The van der Waals surface area contributed by atoms with E-state index in [4.69, 9.17) is 0 Å². The normalized spacial score (nSPS) is 13.2. The number of nitrogens with one attached hydrogen (secondary N) is 1. The fourth-order valence-electron chi connectivity index (χ4n) is 2.12. The molecule has 0 aromatic heterocycles. The predicted molar refractivity (Wildman–Crippen MR) is 81.4 cm³/mol. The number of unbranched alkanes of at least 4 members (excludes halogenated alkanes) is 3. The number of anilines is 1. The molecule has 1 aromatic carbocycles. The average molecular weight is 283 g/mol. The molecule has 0 heterocycles. The predicted octanol–water partition coefficient (Wildman–Crippen LogP) is 3.86. The average Bonchev–Trinajstić information content (AvgIpc) is 2.34. The molecule has 0 aliphatic rings. The van der Waals surface area contributed by atoms with E-state index in [9.17, 15) is 8.42 Å². The van der Waals surface area contributed by atoms with Gasteiger partial charge in [0.05, 0.1) is 10.6 Å². The molecule has 108 valence electrons. The Morgan fingerprint density at radius 3 is 2.47 bits per heavy atom. The van der Waals surface area contributed by atoms with Crippen molar-refractivity contribution in [1.82, 2.24) is 0 Å². The van der Waals surface area contributed by atoms with E-state index in [2.05, 4.69) is 19.2 Å². The summed E-state index contributed by atoms with van der Waals surface area (Å²) in [5.41, 5.74) is 0.716. The lowest BCUT2D eigenvalue weighted by atomic mass is 10.1. The number of hydrogen-bond donors (Lipinski definition) is 1. The molecule has 0 radical (unpaired) electrons. The lowest BCUT2D eigenvalue weighted by Crippen LogP contribution is -2.17. The second kappa shape index (κ2) is 7.53. The van der Waals surface area contributed by atoms with Gasteiger partial charge in [0.25, 0.3) is 0 Å². The highest BCUT2D eigenvalue weighted by Crippen LogP contribution is 2.22. The third kappa shape index (κ3) is 5.64. The van der Waals surface area contributed by atoms with Gasteiger partial charge in [0.2, 0.25) is 0 Å². The number of para-hydroxylation sites is 1. The maximum Gasteiger partial charge on any atom is 0.177 e. The van der Waals surface area contributed by atoms with E-state index < -0.39 is 9.84 Å². The third-order valence-corrected chi connectivity index (χ3v) is 4.33. The summed E-state index contributed by atoms with van der Waals surface area (Å²) in [6, 6.07) is 7.40. The molecular formula is C15H25NO2S. The Hall–Kier alpha value is -1.03. The van der Waals surface area contributed by atoms with Crippen LogP contribution in [0.4, 0.5) is 5.69 Å². The number of rotatable bonds is 8. The minimum atomic E-state index is -3.17. The van der Waals surface area contributed by atoms with Gasteiger partial charge in [0.15, 0.2) is 9.84 Å². The fraction of sp³-hybridized carbons (Fsp3) is 0.600. The highest BCUT2D eigenvalue weighted by Gasteiger charge is 2.13. The zero-order chi connectivity index (χ0) is 14.3.